The monoisotopic (exact) mass is 328 g/mol. The molecule has 0 aliphatic carbocycles. The molecule has 25 heavy (non-hydrogen) atoms. The molecule has 4 nitrogen and oxygen atoms in total. The second-order valence-electron chi connectivity index (χ2n) is 5.73. The molecule has 0 atom stereocenters. The number of nitriles is 1. The maximum Gasteiger partial charge on any atom is 0.182 e. The van der Waals surface area contributed by atoms with Gasteiger partial charge in [-0.1, -0.05) is 42.5 Å². The number of aromatic nitrogens is 3. The predicted octanol–water partition coefficient (Wildman–Crippen LogP) is 4.38. The van der Waals surface area contributed by atoms with Gasteiger partial charge in [0, 0.05) is 16.8 Å². The number of aryl methyl sites for hydroxylation is 1. The lowest BCUT2D eigenvalue weighted by atomic mass is 10.0. The summed E-state index contributed by atoms with van der Waals surface area (Å²) in [6, 6.07) is 19.8. The van der Waals surface area contributed by atoms with Gasteiger partial charge in [-0.05, 0) is 30.7 Å². The van der Waals surface area contributed by atoms with Gasteiger partial charge in [0.1, 0.15) is 17.4 Å². The number of hydrogen-bond donors (Lipinski definition) is 0. The fraction of sp³-hybridized carbons (Fsp3) is 0.0500. The summed E-state index contributed by atoms with van der Waals surface area (Å²) in [6.45, 7) is 1.91. The van der Waals surface area contributed by atoms with Crippen LogP contribution in [0, 0.1) is 24.1 Å². The molecule has 4 aromatic rings. The van der Waals surface area contributed by atoms with E-state index in [1.165, 1.54) is 12.1 Å². The van der Waals surface area contributed by atoms with E-state index in [0.29, 0.717) is 17.0 Å². The van der Waals surface area contributed by atoms with E-state index < -0.39 is 0 Å². The van der Waals surface area contributed by atoms with Crippen LogP contribution in [0.4, 0.5) is 4.39 Å². The normalized spacial score (nSPS) is 10.8. The van der Waals surface area contributed by atoms with Gasteiger partial charge >= 0.3 is 0 Å². The zero-order valence-electron chi connectivity index (χ0n) is 13.4. The molecule has 4 rings (SSSR count). The fourth-order valence-electron chi connectivity index (χ4n) is 2.86. The Morgan fingerprint density at radius 3 is 2.40 bits per heavy atom. The summed E-state index contributed by atoms with van der Waals surface area (Å²) in [5.74, 6) is 0.255. The van der Waals surface area contributed by atoms with E-state index in [-0.39, 0.29) is 5.82 Å². The van der Waals surface area contributed by atoms with Gasteiger partial charge in [-0.3, -0.25) is 0 Å². The van der Waals surface area contributed by atoms with Gasteiger partial charge in [0.15, 0.2) is 11.5 Å². The lowest BCUT2D eigenvalue weighted by molar-refractivity contribution is 0.628. The van der Waals surface area contributed by atoms with Gasteiger partial charge in [0.05, 0.1) is 0 Å². The summed E-state index contributed by atoms with van der Waals surface area (Å²) < 4.78 is 14.9. The lowest BCUT2D eigenvalue weighted by Crippen LogP contribution is -1.99. The summed E-state index contributed by atoms with van der Waals surface area (Å²) in [4.78, 5) is 4.57. The van der Waals surface area contributed by atoms with Gasteiger partial charge < -0.3 is 0 Å². The van der Waals surface area contributed by atoms with Crippen molar-refractivity contribution in [2.24, 2.45) is 0 Å². The van der Waals surface area contributed by atoms with Crippen molar-refractivity contribution >= 4 is 5.65 Å². The summed E-state index contributed by atoms with van der Waals surface area (Å²) in [6.07, 6.45) is 0. The van der Waals surface area contributed by atoms with Gasteiger partial charge in [0.2, 0.25) is 0 Å². The van der Waals surface area contributed by atoms with Crippen LogP contribution in [0.25, 0.3) is 28.2 Å². The minimum Gasteiger partial charge on any atom is -0.216 e. The molecule has 0 aliphatic heterocycles. The van der Waals surface area contributed by atoms with Crippen LogP contribution < -0.4 is 0 Å². The van der Waals surface area contributed by atoms with Gasteiger partial charge in [-0.15, -0.1) is 5.10 Å². The van der Waals surface area contributed by atoms with Crippen molar-refractivity contribution in [1.82, 2.24) is 14.6 Å². The second kappa shape index (κ2) is 5.84. The average Bonchev–Trinajstić information content (AvgIpc) is 3.09. The predicted molar refractivity (Wildman–Crippen MR) is 93.3 cm³/mol. The van der Waals surface area contributed by atoms with Crippen molar-refractivity contribution in [2.45, 2.75) is 6.92 Å². The molecule has 2 aromatic heterocycles. The Morgan fingerprint density at radius 1 is 1.00 bits per heavy atom. The molecule has 0 bridgehead atoms. The molecule has 0 aliphatic rings. The lowest BCUT2D eigenvalue weighted by Gasteiger charge is -2.08. The third-order valence-electron chi connectivity index (χ3n) is 4.09. The zero-order valence-corrected chi connectivity index (χ0v) is 13.4. The number of hydrogen-bond acceptors (Lipinski definition) is 3. The molecule has 2 heterocycles. The molecule has 0 amide bonds. The van der Waals surface area contributed by atoms with E-state index in [0.717, 1.165) is 22.4 Å². The molecule has 5 heteroatoms. The van der Waals surface area contributed by atoms with Crippen LogP contribution in [0.2, 0.25) is 0 Å². The first kappa shape index (κ1) is 15.0. The van der Waals surface area contributed by atoms with Crippen LogP contribution in [-0.4, -0.2) is 14.6 Å². The SMILES string of the molecule is Cc1cc(-c2ccc(F)cc2)c(C#N)c2nc(-c3ccccc3)nn12. The minimum absolute atomic E-state index is 0.311. The Labute approximate surface area is 143 Å². The number of benzene rings is 2. The number of pyridine rings is 1. The van der Waals surface area contributed by atoms with Crippen LogP contribution >= 0.6 is 0 Å². The van der Waals surface area contributed by atoms with Crippen LogP contribution in [0.1, 0.15) is 11.3 Å². The van der Waals surface area contributed by atoms with Crippen LogP contribution in [0.3, 0.4) is 0 Å². The van der Waals surface area contributed by atoms with Crippen LogP contribution in [-0.2, 0) is 0 Å². The molecule has 0 saturated heterocycles. The molecular weight excluding hydrogens is 315 g/mol. The number of fused-ring (bicyclic) bond motifs is 1. The zero-order chi connectivity index (χ0) is 17.4. The number of nitrogens with zero attached hydrogens (tertiary/aromatic N) is 4. The molecule has 0 unspecified atom stereocenters. The standard InChI is InChI=1S/C20H13FN4/c1-13-11-17(14-7-9-16(21)10-8-14)18(12-22)20-23-19(24-25(13)20)15-5-3-2-4-6-15/h2-11H,1H3. The summed E-state index contributed by atoms with van der Waals surface area (Å²) in [7, 11) is 0. The Kier molecular flexibility index (Phi) is 3.51. The Balaban J connectivity index is 1.98. The van der Waals surface area contributed by atoms with Gasteiger partial charge in [-0.25, -0.2) is 13.9 Å². The third-order valence-corrected chi connectivity index (χ3v) is 4.09. The molecule has 120 valence electrons. The van der Waals surface area contributed by atoms with Crippen molar-refractivity contribution < 1.29 is 4.39 Å². The Bertz CT molecular complexity index is 1110. The Morgan fingerprint density at radius 2 is 1.72 bits per heavy atom. The molecule has 0 N–H and O–H groups in total. The van der Waals surface area contributed by atoms with E-state index in [1.54, 1.807) is 16.6 Å². The topological polar surface area (TPSA) is 54.0 Å². The highest BCUT2D eigenvalue weighted by atomic mass is 19.1. The van der Waals surface area contributed by atoms with E-state index in [2.05, 4.69) is 16.2 Å². The maximum atomic E-state index is 13.2. The van der Waals surface area contributed by atoms with E-state index in [4.69, 9.17) is 0 Å². The first-order valence-electron chi connectivity index (χ1n) is 7.79. The van der Waals surface area contributed by atoms with Crippen molar-refractivity contribution in [3.63, 3.8) is 0 Å². The van der Waals surface area contributed by atoms with Crippen molar-refractivity contribution in [2.75, 3.05) is 0 Å². The quantitative estimate of drug-likeness (QED) is 0.548. The molecule has 0 radical (unpaired) electrons. The largest absolute Gasteiger partial charge is 0.216 e. The van der Waals surface area contributed by atoms with Crippen LogP contribution in [0.5, 0.6) is 0 Å². The van der Waals surface area contributed by atoms with Crippen molar-refractivity contribution in [1.29, 1.82) is 5.26 Å². The first-order chi connectivity index (χ1) is 12.2. The van der Waals surface area contributed by atoms with E-state index in [1.807, 2.05) is 43.3 Å². The van der Waals surface area contributed by atoms with Gasteiger partial charge in [-0.2, -0.15) is 5.26 Å². The maximum absolute atomic E-state index is 13.2. The molecule has 0 fully saturated rings. The number of halogens is 1. The molecule has 2 aromatic carbocycles. The number of rotatable bonds is 2. The highest BCUT2D eigenvalue weighted by Crippen LogP contribution is 2.29. The van der Waals surface area contributed by atoms with E-state index >= 15 is 0 Å². The minimum atomic E-state index is -0.311. The first-order valence-corrected chi connectivity index (χ1v) is 7.79. The smallest absolute Gasteiger partial charge is 0.182 e. The second-order valence-corrected chi connectivity index (χ2v) is 5.73. The van der Waals surface area contributed by atoms with Gasteiger partial charge in [0.25, 0.3) is 0 Å². The molecule has 0 spiro atoms. The fourth-order valence-corrected chi connectivity index (χ4v) is 2.86. The van der Waals surface area contributed by atoms with Crippen molar-refractivity contribution in [3.05, 3.63) is 77.7 Å². The summed E-state index contributed by atoms with van der Waals surface area (Å²) in [5, 5.41) is 14.2. The Hall–Kier alpha value is -3.52. The highest BCUT2D eigenvalue weighted by molar-refractivity contribution is 5.78. The van der Waals surface area contributed by atoms with Crippen molar-refractivity contribution in [3.8, 4) is 28.6 Å². The highest BCUT2D eigenvalue weighted by Gasteiger charge is 2.16. The van der Waals surface area contributed by atoms with Crippen LogP contribution in [0.15, 0.2) is 60.7 Å². The average molecular weight is 328 g/mol. The summed E-state index contributed by atoms with van der Waals surface area (Å²) in [5.41, 5.74) is 4.15. The summed E-state index contributed by atoms with van der Waals surface area (Å²) >= 11 is 0. The van der Waals surface area contributed by atoms with E-state index in [9.17, 15) is 9.65 Å². The molecular formula is C20H13FN4. The molecule has 0 saturated carbocycles. The third kappa shape index (κ3) is 2.54.